The Labute approximate surface area is 67.8 Å². The van der Waals surface area contributed by atoms with Gasteiger partial charge in [0.25, 0.3) is 0 Å². The molecule has 5 heteroatoms. The van der Waals surface area contributed by atoms with Crippen LogP contribution in [0.2, 0.25) is 0 Å². The lowest BCUT2D eigenvalue weighted by Crippen LogP contribution is -2.08. The van der Waals surface area contributed by atoms with Crippen molar-refractivity contribution in [2.75, 3.05) is 11.1 Å². The predicted octanol–water partition coefficient (Wildman–Crippen LogP) is 1.50. The number of hydrogen-bond donors (Lipinski definition) is 3. The van der Waals surface area contributed by atoms with Crippen molar-refractivity contribution >= 4 is 17.5 Å². The zero-order valence-electron chi connectivity index (χ0n) is 6.04. The SMILES string of the molecule is Nc1ccc(NC(=O)O)c(F)c1. The van der Waals surface area contributed by atoms with Gasteiger partial charge in [-0.2, -0.15) is 0 Å². The van der Waals surface area contributed by atoms with Crippen LogP contribution in [-0.4, -0.2) is 11.2 Å². The van der Waals surface area contributed by atoms with E-state index in [1.54, 1.807) is 0 Å². The van der Waals surface area contributed by atoms with E-state index in [1.807, 2.05) is 5.32 Å². The van der Waals surface area contributed by atoms with E-state index in [1.165, 1.54) is 12.1 Å². The summed E-state index contributed by atoms with van der Waals surface area (Å²) in [7, 11) is 0. The van der Waals surface area contributed by atoms with Crippen LogP contribution in [0.1, 0.15) is 0 Å². The number of nitrogens with one attached hydrogen (secondary N) is 1. The van der Waals surface area contributed by atoms with Gasteiger partial charge in [-0.15, -0.1) is 0 Å². The van der Waals surface area contributed by atoms with Crippen LogP contribution in [0.4, 0.5) is 20.6 Å². The van der Waals surface area contributed by atoms with Crippen molar-refractivity contribution in [3.63, 3.8) is 0 Å². The summed E-state index contributed by atoms with van der Waals surface area (Å²) in [5.74, 6) is -0.683. The molecule has 1 aromatic carbocycles. The van der Waals surface area contributed by atoms with Crippen LogP contribution in [0.5, 0.6) is 0 Å². The van der Waals surface area contributed by atoms with Crippen LogP contribution in [-0.2, 0) is 0 Å². The van der Waals surface area contributed by atoms with Crippen molar-refractivity contribution in [3.8, 4) is 0 Å². The van der Waals surface area contributed by atoms with E-state index < -0.39 is 11.9 Å². The molecule has 0 saturated heterocycles. The molecule has 4 N–H and O–H groups in total. The molecule has 0 aliphatic heterocycles. The predicted molar refractivity (Wildman–Crippen MR) is 42.5 cm³/mol. The average Bonchev–Trinajstić information content (AvgIpc) is 1.94. The van der Waals surface area contributed by atoms with Gasteiger partial charge in [-0.3, -0.25) is 5.32 Å². The van der Waals surface area contributed by atoms with Crippen LogP contribution >= 0.6 is 0 Å². The molecule has 0 fully saturated rings. The number of rotatable bonds is 1. The Hall–Kier alpha value is -1.78. The first kappa shape index (κ1) is 8.32. The Morgan fingerprint density at radius 3 is 2.75 bits per heavy atom. The van der Waals surface area contributed by atoms with Crippen molar-refractivity contribution in [3.05, 3.63) is 24.0 Å². The Morgan fingerprint density at radius 1 is 1.58 bits per heavy atom. The molecule has 0 saturated carbocycles. The van der Waals surface area contributed by atoms with Crippen LogP contribution in [0.25, 0.3) is 0 Å². The summed E-state index contributed by atoms with van der Waals surface area (Å²) >= 11 is 0. The highest BCUT2D eigenvalue weighted by Gasteiger charge is 2.04. The van der Waals surface area contributed by atoms with Crippen LogP contribution in [0.15, 0.2) is 18.2 Å². The molecule has 12 heavy (non-hydrogen) atoms. The van der Waals surface area contributed by atoms with E-state index in [4.69, 9.17) is 10.8 Å². The lowest BCUT2D eigenvalue weighted by Gasteiger charge is -2.02. The highest BCUT2D eigenvalue weighted by Crippen LogP contribution is 2.16. The number of anilines is 2. The minimum Gasteiger partial charge on any atom is -0.465 e. The first-order chi connectivity index (χ1) is 5.59. The Bertz CT molecular complexity index is 314. The van der Waals surface area contributed by atoms with E-state index in [2.05, 4.69) is 0 Å². The van der Waals surface area contributed by atoms with E-state index in [0.717, 1.165) is 6.07 Å². The molecule has 0 spiro atoms. The van der Waals surface area contributed by atoms with E-state index in [0.29, 0.717) is 0 Å². The van der Waals surface area contributed by atoms with Crippen LogP contribution in [0.3, 0.4) is 0 Å². The summed E-state index contributed by atoms with van der Waals surface area (Å²) < 4.78 is 12.8. The van der Waals surface area contributed by atoms with Gasteiger partial charge in [0.2, 0.25) is 0 Å². The maximum Gasteiger partial charge on any atom is 0.409 e. The number of nitrogens with two attached hydrogens (primary N) is 1. The molecule has 0 radical (unpaired) electrons. The molecule has 0 unspecified atom stereocenters. The van der Waals surface area contributed by atoms with Crippen LogP contribution < -0.4 is 11.1 Å². The second-order valence-corrected chi connectivity index (χ2v) is 2.17. The van der Waals surface area contributed by atoms with Crippen molar-refractivity contribution in [1.29, 1.82) is 0 Å². The smallest absolute Gasteiger partial charge is 0.409 e. The summed E-state index contributed by atoms with van der Waals surface area (Å²) in [4.78, 5) is 10.1. The normalized spacial score (nSPS) is 9.42. The van der Waals surface area contributed by atoms with Crippen molar-refractivity contribution in [1.82, 2.24) is 0 Å². The average molecular weight is 170 g/mol. The maximum absolute atomic E-state index is 12.8. The molecule has 0 aromatic heterocycles. The quantitative estimate of drug-likeness (QED) is 0.559. The van der Waals surface area contributed by atoms with Crippen molar-refractivity contribution in [2.45, 2.75) is 0 Å². The monoisotopic (exact) mass is 170 g/mol. The minimum atomic E-state index is -1.31. The molecule has 0 aliphatic rings. The van der Waals surface area contributed by atoms with Crippen molar-refractivity contribution < 1.29 is 14.3 Å². The largest absolute Gasteiger partial charge is 0.465 e. The van der Waals surface area contributed by atoms with Gasteiger partial charge in [-0.05, 0) is 18.2 Å². The maximum atomic E-state index is 12.8. The van der Waals surface area contributed by atoms with Gasteiger partial charge in [0.05, 0.1) is 5.69 Å². The molecule has 0 aliphatic carbocycles. The molecule has 0 heterocycles. The number of amides is 1. The summed E-state index contributed by atoms with van der Waals surface area (Å²) in [5, 5.41) is 10.1. The molecular formula is C7H7FN2O2. The molecular weight excluding hydrogens is 163 g/mol. The molecule has 64 valence electrons. The highest BCUT2D eigenvalue weighted by molar-refractivity contribution is 5.83. The van der Waals surface area contributed by atoms with Crippen LogP contribution in [0, 0.1) is 5.82 Å². The van der Waals surface area contributed by atoms with Gasteiger partial charge >= 0.3 is 6.09 Å². The molecule has 1 rings (SSSR count). The lowest BCUT2D eigenvalue weighted by molar-refractivity contribution is 0.209. The first-order valence-electron chi connectivity index (χ1n) is 3.14. The molecule has 0 bridgehead atoms. The fraction of sp³-hybridized carbons (Fsp3) is 0. The number of halogens is 1. The summed E-state index contributed by atoms with van der Waals surface area (Å²) in [6.45, 7) is 0. The third-order valence-electron chi connectivity index (χ3n) is 1.23. The highest BCUT2D eigenvalue weighted by atomic mass is 19.1. The topological polar surface area (TPSA) is 75.3 Å². The molecule has 4 nitrogen and oxygen atoms in total. The van der Waals surface area contributed by atoms with Gasteiger partial charge in [0, 0.05) is 5.69 Å². The Kier molecular flexibility index (Phi) is 2.14. The van der Waals surface area contributed by atoms with Crippen molar-refractivity contribution in [2.24, 2.45) is 0 Å². The third kappa shape index (κ3) is 1.85. The number of benzene rings is 1. The second kappa shape index (κ2) is 3.08. The fourth-order valence-electron chi connectivity index (χ4n) is 0.748. The van der Waals surface area contributed by atoms with E-state index >= 15 is 0 Å². The minimum absolute atomic E-state index is 0.100. The van der Waals surface area contributed by atoms with Gasteiger partial charge in [0.1, 0.15) is 5.82 Å². The van der Waals surface area contributed by atoms with E-state index in [-0.39, 0.29) is 11.4 Å². The van der Waals surface area contributed by atoms with Gasteiger partial charge in [-0.25, -0.2) is 9.18 Å². The number of nitrogen functional groups attached to an aromatic ring is 1. The summed E-state index contributed by atoms with van der Waals surface area (Å²) in [6.07, 6.45) is -1.31. The molecule has 1 amide bonds. The van der Waals surface area contributed by atoms with E-state index in [9.17, 15) is 9.18 Å². The standard InChI is InChI=1S/C7H7FN2O2/c8-5-3-4(9)1-2-6(5)10-7(11)12/h1-3,10H,9H2,(H,11,12). The first-order valence-corrected chi connectivity index (χ1v) is 3.14. The summed E-state index contributed by atoms with van der Waals surface area (Å²) in [6, 6.07) is 3.72. The molecule has 1 aromatic rings. The number of carboxylic acid groups (broad SMARTS) is 1. The van der Waals surface area contributed by atoms with Gasteiger partial charge in [0.15, 0.2) is 0 Å². The Balaban J connectivity index is 2.93. The number of carbonyl (C=O) groups is 1. The third-order valence-corrected chi connectivity index (χ3v) is 1.23. The second-order valence-electron chi connectivity index (χ2n) is 2.17. The zero-order chi connectivity index (χ0) is 9.14. The van der Waals surface area contributed by atoms with Gasteiger partial charge < -0.3 is 10.8 Å². The fourth-order valence-corrected chi connectivity index (χ4v) is 0.748. The molecule has 0 atom stereocenters. The Morgan fingerprint density at radius 2 is 2.25 bits per heavy atom. The zero-order valence-corrected chi connectivity index (χ0v) is 6.04. The van der Waals surface area contributed by atoms with Gasteiger partial charge in [-0.1, -0.05) is 0 Å². The summed E-state index contributed by atoms with van der Waals surface area (Å²) in [5.41, 5.74) is 5.40. The number of hydrogen-bond acceptors (Lipinski definition) is 2. The lowest BCUT2D eigenvalue weighted by atomic mass is 10.3.